The van der Waals surface area contributed by atoms with Crippen LogP contribution < -0.4 is 15.4 Å². The van der Waals surface area contributed by atoms with Gasteiger partial charge >= 0.3 is 0 Å². The molecule has 1 saturated heterocycles. The molecule has 2 heterocycles. The van der Waals surface area contributed by atoms with Gasteiger partial charge < -0.3 is 20.5 Å². The number of fused-ring (bicyclic) bond motifs is 2. The van der Waals surface area contributed by atoms with Gasteiger partial charge in [0.05, 0.1) is 6.04 Å². The Kier molecular flexibility index (Phi) is 9.60. The molecule has 3 aromatic carbocycles. The number of carbonyl (C=O) groups is 1. The summed E-state index contributed by atoms with van der Waals surface area (Å²) in [4.78, 5) is 14.5. The molecule has 5 rings (SSSR count). The van der Waals surface area contributed by atoms with E-state index in [9.17, 15) is 9.90 Å². The number of halogens is 2. The zero-order valence-electron chi connectivity index (χ0n) is 21.2. The highest BCUT2D eigenvalue weighted by molar-refractivity contribution is 6.00. The van der Waals surface area contributed by atoms with Crippen LogP contribution in [0.1, 0.15) is 42.5 Å². The number of nitrogens with one attached hydrogen (secondary N) is 1. The van der Waals surface area contributed by atoms with Crippen molar-refractivity contribution in [2.24, 2.45) is 10.8 Å². The summed E-state index contributed by atoms with van der Waals surface area (Å²) in [6.45, 7) is 3.10. The maximum Gasteiger partial charge on any atom is 0.253 e. The number of hydrogen-bond acceptors (Lipinski definition) is 6. The fraction of sp³-hybridized carbons (Fsp3) is 0.321. The molecule has 1 amide bonds. The normalized spacial score (nSPS) is 17.2. The summed E-state index contributed by atoms with van der Waals surface area (Å²) >= 11 is 0. The topological polar surface area (TPSA) is 115 Å². The van der Waals surface area contributed by atoms with E-state index in [4.69, 9.17) is 15.9 Å². The maximum atomic E-state index is 12.8. The number of carbonyl (C=O) groups excluding carboxylic acids is 1. The average molecular weight is 559 g/mol. The van der Waals surface area contributed by atoms with Gasteiger partial charge in [0.15, 0.2) is 0 Å². The Morgan fingerprint density at radius 2 is 1.84 bits per heavy atom. The van der Waals surface area contributed by atoms with E-state index >= 15 is 0 Å². The molecule has 202 valence electrons. The molecule has 2 aliphatic rings. The largest absolute Gasteiger partial charge is 0.490 e. The lowest BCUT2D eigenvalue weighted by Gasteiger charge is -2.30. The van der Waals surface area contributed by atoms with Crippen molar-refractivity contribution in [2.75, 3.05) is 24.6 Å². The Bertz CT molecular complexity index is 1340. The molecule has 0 aliphatic carbocycles. The first kappa shape index (κ1) is 29.2. The molecule has 0 bridgehead atoms. The molecule has 0 spiro atoms. The molecule has 0 aromatic heterocycles. The predicted octanol–water partition coefficient (Wildman–Crippen LogP) is 4.44. The zero-order valence-corrected chi connectivity index (χ0v) is 22.8. The number of nitrogens with two attached hydrogens (primary N) is 1. The third-order valence-electron chi connectivity index (χ3n) is 7.00. The van der Waals surface area contributed by atoms with Crippen LogP contribution in [0, 0.1) is 5.41 Å². The molecule has 38 heavy (non-hydrogen) atoms. The van der Waals surface area contributed by atoms with E-state index in [0.717, 1.165) is 59.3 Å². The molecule has 10 heteroatoms. The number of piperidine rings is 1. The van der Waals surface area contributed by atoms with Crippen LogP contribution in [0.25, 0.3) is 10.8 Å². The maximum absolute atomic E-state index is 12.8. The Hall–Kier alpha value is -3.33. The van der Waals surface area contributed by atoms with E-state index < -0.39 is 6.61 Å². The molecule has 1 atom stereocenters. The second kappa shape index (κ2) is 12.5. The summed E-state index contributed by atoms with van der Waals surface area (Å²) in [6.07, 6.45) is 4.39. The van der Waals surface area contributed by atoms with Crippen molar-refractivity contribution in [2.45, 2.75) is 38.3 Å². The summed E-state index contributed by atoms with van der Waals surface area (Å²) in [6, 6.07) is 17.4. The number of amidine groups is 1. The van der Waals surface area contributed by atoms with Crippen LogP contribution in [0.3, 0.4) is 0 Å². The average Bonchev–Trinajstić information content (AvgIpc) is 3.27. The number of benzene rings is 3. The highest BCUT2D eigenvalue weighted by atomic mass is 35.5. The lowest BCUT2D eigenvalue weighted by atomic mass is 9.97. The van der Waals surface area contributed by atoms with E-state index in [1.807, 2.05) is 67.7 Å². The fourth-order valence-corrected chi connectivity index (χ4v) is 5.22. The number of aliphatic hydroxyl groups is 1. The van der Waals surface area contributed by atoms with E-state index in [1.54, 1.807) is 4.90 Å². The molecular weight excluding hydrogens is 525 g/mol. The number of nitrogen functional groups attached to an aromatic ring is 1. The van der Waals surface area contributed by atoms with Gasteiger partial charge in [0.2, 0.25) is 0 Å². The Balaban J connectivity index is 0.00000200. The Morgan fingerprint density at radius 3 is 2.53 bits per heavy atom. The van der Waals surface area contributed by atoms with Gasteiger partial charge in [-0.15, -0.1) is 24.8 Å². The van der Waals surface area contributed by atoms with Crippen molar-refractivity contribution in [1.29, 1.82) is 5.41 Å². The van der Waals surface area contributed by atoms with Crippen LogP contribution in [-0.4, -0.2) is 53.9 Å². The first-order valence-corrected chi connectivity index (χ1v) is 12.3. The van der Waals surface area contributed by atoms with E-state index in [0.29, 0.717) is 12.0 Å². The first-order chi connectivity index (χ1) is 17.5. The van der Waals surface area contributed by atoms with Gasteiger partial charge in [0, 0.05) is 43.4 Å². The number of rotatable bonds is 6. The van der Waals surface area contributed by atoms with Gasteiger partial charge in [-0.1, -0.05) is 24.3 Å². The van der Waals surface area contributed by atoms with Crippen LogP contribution in [0.2, 0.25) is 0 Å². The number of amides is 1. The third-order valence-corrected chi connectivity index (χ3v) is 7.00. The van der Waals surface area contributed by atoms with Crippen molar-refractivity contribution in [3.8, 4) is 5.75 Å². The number of hydrogen-bond donors (Lipinski definition) is 3. The summed E-state index contributed by atoms with van der Waals surface area (Å²) < 4.78 is 6.30. The van der Waals surface area contributed by atoms with Crippen molar-refractivity contribution in [3.63, 3.8) is 0 Å². The van der Waals surface area contributed by atoms with Crippen molar-refractivity contribution in [3.05, 3.63) is 71.3 Å². The predicted molar refractivity (Wildman–Crippen MR) is 156 cm³/mol. The van der Waals surface area contributed by atoms with Crippen LogP contribution >= 0.6 is 24.8 Å². The lowest BCUT2D eigenvalue weighted by Crippen LogP contribution is -2.35. The van der Waals surface area contributed by atoms with Gasteiger partial charge in [-0.25, -0.2) is 0 Å². The van der Waals surface area contributed by atoms with Crippen molar-refractivity contribution < 1.29 is 14.6 Å². The van der Waals surface area contributed by atoms with Crippen LogP contribution in [0.15, 0.2) is 59.7 Å². The molecule has 3 aromatic rings. The summed E-state index contributed by atoms with van der Waals surface area (Å²) in [7, 11) is 0. The molecular formula is C28H33Cl2N5O3. The number of hydrazone groups is 1. The molecule has 2 aliphatic heterocycles. The molecule has 8 nitrogen and oxygen atoms in total. The van der Waals surface area contributed by atoms with E-state index in [-0.39, 0.29) is 48.7 Å². The smallest absolute Gasteiger partial charge is 0.253 e. The third kappa shape index (κ3) is 5.88. The summed E-state index contributed by atoms with van der Waals surface area (Å²) in [5, 5.41) is 25.9. The van der Waals surface area contributed by atoms with Gasteiger partial charge in [-0.3, -0.25) is 15.2 Å². The Morgan fingerprint density at radius 1 is 1.11 bits per heavy atom. The van der Waals surface area contributed by atoms with Crippen LogP contribution in [0.5, 0.6) is 5.75 Å². The van der Waals surface area contributed by atoms with Crippen LogP contribution in [0.4, 0.5) is 5.69 Å². The van der Waals surface area contributed by atoms with Gasteiger partial charge in [-0.05, 0) is 65.6 Å². The SMILES string of the molecule is C/C=N/N1CCC(Oc2ccc3c(c2)CC(c2ccc4ccc(C(=N)N)cc4c2)N3C(=O)CO)CC1.Cl.Cl. The van der Waals surface area contributed by atoms with Crippen LogP contribution in [-0.2, 0) is 11.2 Å². The highest BCUT2D eigenvalue weighted by Crippen LogP contribution is 2.43. The molecule has 0 radical (unpaired) electrons. The van der Waals surface area contributed by atoms with Gasteiger partial charge in [-0.2, -0.15) is 5.10 Å². The second-order valence-electron chi connectivity index (χ2n) is 9.31. The van der Waals surface area contributed by atoms with E-state index in [1.165, 1.54) is 0 Å². The minimum Gasteiger partial charge on any atom is -0.490 e. The summed E-state index contributed by atoms with van der Waals surface area (Å²) in [5.74, 6) is 0.477. The zero-order chi connectivity index (χ0) is 25.2. The number of nitrogens with zero attached hydrogens (tertiary/aromatic N) is 3. The van der Waals surface area contributed by atoms with Gasteiger partial charge in [0.25, 0.3) is 5.91 Å². The molecule has 4 N–H and O–H groups in total. The number of anilines is 1. The van der Waals surface area contributed by atoms with E-state index in [2.05, 4.69) is 10.1 Å². The second-order valence-corrected chi connectivity index (χ2v) is 9.31. The van der Waals surface area contributed by atoms with Gasteiger partial charge in [0.1, 0.15) is 24.3 Å². The molecule has 1 fully saturated rings. The fourth-order valence-electron chi connectivity index (χ4n) is 5.22. The lowest BCUT2D eigenvalue weighted by molar-refractivity contribution is -0.121. The van der Waals surface area contributed by atoms with Crippen molar-refractivity contribution >= 4 is 59.2 Å². The van der Waals surface area contributed by atoms with Crippen molar-refractivity contribution in [1.82, 2.24) is 5.01 Å². The highest BCUT2D eigenvalue weighted by Gasteiger charge is 2.35. The number of aliphatic hydroxyl groups excluding tert-OH is 1. The minimum atomic E-state index is -0.560. The summed E-state index contributed by atoms with van der Waals surface area (Å²) in [5.41, 5.74) is 9.13. The number of ether oxygens (including phenoxy) is 1. The quantitative estimate of drug-likeness (QED) is 0.306. The Labute approximate surface area is 234 Å². The minimum absolute atomic E-state index is 0. The monoisotopic (exact) mass is 557 g/mol. The molecule has 0 saturated carbocycles. The first-order valence-electron chi connectivity index (χ1n) is 12.3. The molecule has 1 unspecified atom stereocenters. The standard InChI is InChI=1S/C28H31N5O3.2ClH/c1-2-31-32-11-9-23(10-12-32)36-24-7-8-25-22(15-24)16-26(33(25)27(35)17-34)19-5-3-18-4-6-20(28(29)30)14-21(18)13-19;;/h2-8,13-15,23,26,34H,9-12,16-17H2,1H3,(H3,29,30);2*1H/b31-2+;;.